The minimum atomic E-state index is 0.664. The first-order valence-corrected chi connectivity index (χ1v) is 6.16. The summed E-state index contributed by atoms with van der Waals surface area (Å²) in [5.74, 6) is 0. The Bertz CT molecular complexity index is 499. The fourth-order valence-corrected chi connectivity index (χ4v) is 2.56. The van der Waals surface area contributed by atoms with Crippen LogP contribution in [0.4, 0.5) is 0 Å². The van der Waals surface area contributed by atoms with Gasteiger partial charge < -0.3 is 10.3 Å². The number of likely N-dealkylation sites (N-methyl/N-ethyl adjacent to an activating group) is 1. The lowest BCUT2D eigenvalue weighted by Crippen LogP contribution is -2.32. The molecule has 4 heteroatoms. The molecule has 2 aromatic rings. The molecule has 1 unspecified atom stereocenters. The molecular weight excluding hydrogens is 212 g/mol. The van der Waals surface area contributed by atoms with Crippen molar-refractivity contribution in [2.45, 2.75) is 19.0 Å². The number of fused-ring (bicyclic) bond motifs is 1. The van der Waals surface area contributed by atoms with E-state index in [0.717, 1.165) is 25.3 Å². The second-order valence-corrected chi connectivity index (χ2v) is 4.78. The third kappa shape index (κ3) is 2.06. The lowest BCUT2D eigenvalue weighted by atomic mass is 10.1. The van der Waals surface area contributed by atoms with Crippen LogP contribution in [0.3, 0.4) is 0 Å². The van der Waals surface area contributed by atoms with E-state index in [1.54, 1.807) is 0 Å². The summed E-state index contributed by atoms with van der Waals surface area (Å²) in [5, 5.41) is 4.65. The predicted molar refractivity (Wildman–Crippen MR) is 68.8 cm³/mol. The van der Waals surface area contributed by atoms with E-state index in [1.807, 2.05) is 12.3 Å². The van der Waals surface area contributed by atoms with Gasteiger partial charge in [0.25, 0.3) is 0 Å². The van der Waals surface area contributed by atoms with Gasteiger partial charge in [0.1, 0.15) is 5.65 Å². The molecule has 0 radical (unpaired) electrons. The maximum absolute atomic E-state index is 4.32. The molecule has 1 aliphatic heterocycles. The molecule has 2 N–H and O–H groups in total. The van der Waals surface area contributed by atoms with E-state index >= 15 is 0 Å². The molecule has 0 bridgehead atoms. The average Bonchev–Trinajstić information content (AvgIpc) is 2.98. The van der Waals surface area contributed by atoms with Crippen LogP contribution < -0.4 is 5.32 Å². The van der Waals surface area contributed by atoms with Crippen molar-refractivity contribution in [3.63, 3.8) is 0 Å². The van der Waals surface area contributed by atoms with Gasteiger partial charge in [0.2, 0.25) is 0 Å². The highest BCUT2D eigenvalue weighted by Gasteiger charge is 2.19. The molecule has 90 valence electrons. The zero-order chi connectivity index (χ0) is 11.7. The van der Waals surface area contributed by atoms with Crippen molar-refractivity contribution >= 4 is 11.0 Å². The van der Waals surface area contributed by atoms with Gasteiger partial charge in [-0.25, -0.2) is 4.98 Å². The molecular formula is C13H18N4. The largest absolute Gasteiger partial charge is 0.346 e. The normalized spacial score (nSPS) is 20.5. The maximum Gasteiger partial charge on any atom is 0.137 e. The van der Waals surface area contributed by atoms with Gasteiger partial charge in [-0.05, 0) is 37.7 Å². The zero-order valence-electron chi connectivity index (χ0n) is 10.1. The van der Waals surface area contributed by atoms with E-state index in [-0.39, 0.29) is 0 Å². The van der Waals surface area contributed by atoms with Crippen LogP contribution >= 0.6 is 0 Å². The molecule has 0 aliphatic carbocycles. The highest BCUT2D eigenvalue weighted by Crippen LogP contribution is 2.18. The molecule has 4 nitrogen and oxygen atoms in total. The number of H-pyrrole nitrogens is 1. The van der Waals surface area contributed by atoms with E-state index in [9.17, 15) is 0 Å². The summed E-state index contributed by atoms with van der Waals surface area (Å²) >= 11 is 0. The summed E-state index contributed by atoms with van der Waals surface area (Å²) in [6.45, 7) is 3.24. The fourth-order valence-electron chi connectivity index (χ4n) is 2.56. The fraction of sp³-hybridized carbons (Fsp3) is 0.462. The number of aromatic nitrogens is 2. The molecule has 3 rings (SSSR count). The topological polar surface area (TPSA) is 44.0 Å². The summed E-state index contributed by atoms with van der Waals surface area (Å²) in [5.41, 5.74) is 2.32. The third-order valence-electron chi connectivity index (χ3n) is 3.61. The van der Waals surface area contributed by atoms with Crippen molar-refractivity contribution < 1.29 is 0 Å². The number of rotatable bonds is 3. The van der Waals surface area contributed by atoms with Gasteiger partial charge >= 0.3 is 0 Å². The number of nitrogens with one attached hydrogen (secondary N) is 2. The van der Waals surface area contributed by atoms with Crippen molar-refractivity contribution in [3.05, 3.63) is 30.1 Å². The molecule has 1 aliphatic rings. The molecule has 1 fully saturated rings. The highest BCUT2D eigenvalue weighted by atomic mass is 15.2. The first-order chi connectivity index (χ1) is 8.34. The SMILES string of the molecule is CN(Cc1c[nH]c2ncccc12)C1CCNC1. The third-order valence-corrected chi connectivity index (χ3v) is 3.61. The van der Waals surface area contributed by atoms with E-state index in [0.29, 0.717) is 6.04 Å². The van der Waals surface area contributed by atoms with Gasteiger partial charge in [-0.1, -0.05) is 0 Å². The van der Waals surface area contributed by atoms with E-state index in [1.165, 1.54) is 17.4 Å². The Kier molecular flexibility index (Phi) is 2.82. The molecule has 0 amide bonds. The summed E-state index contributed by atoms with van der Waals surface area (Å²) in [7, 11) is 2.20. The molecule has 17 heavy (non-hydrogen) atoms. The van der Waals surface area contributed by atoms with Crippen LogP contribution in [0.2, 0.25) is 0 Å². The Hall–Kier alpha value is -1.39. The molecule has 0 spiro atoms. The Balaban J connectivity index is 1.80. The van der Waals surface area contributed by atoms with Crippen LogP contribution in [0, 0.1) is 0 Å². The summed E-state index contributed by atoms with van der Waals surface area (Å²) in [6.07, 6.45) is 5.15. The predicted octanol–water partition coefficient (Wildman–Crippen LogP) is 1.36. The Morgan fingerprint density at radius 1 is 1.53 bits per heavy atom. The molecule has 0 aromatic carbocycles. The van der Waals surface area contributed by atoms with Gasteiger partial charge in [-0.2, -0.15) is 0 Å². The van der Waals surface area contributed by atoms with Gasteiger partial charge in [0.05, 0.1) is 0 Å². The first kappa shape index (κ1) is 10.7. The quantitative estimate of drug-likeness (QED) is 0.836. The molecule has 1 saturated heterocycles. The Morgan fingerprint density at radius 3 is 3.29 bits per heavy atom. The minimum Gasteiger partial charge on any atom is -0.346 e. The number of hydrogen-bond donors (Lipinski definition) is 2. The standard InChI is InChI=1S/C13H18N4/c1-17(11-4-6-14-8-11)9-10-7-16-13-12(10)3-2-5-15-13/h2-3,5,7,11,14H,4,6,8-9H2,1H3,(H,15,16). The Labute approximate surface area is 101 Å². The second kappa shape index (κ2) is 4.47. The number of hydrogen-bond acceptors (Lipinski definition) is 3. The highest BCUT2D eigenvalue weighted by molar-refractivity contribution is 5.79. The number of nitrogens with zero attached hydrogens (tertiary/aromatic N) is 2. The van der Waals surface area contributed by atoms with E-state index < -0.39 is 0 Å². The van der Waals surface area contributed by atoms with Crippen LogP contribution in [-0.2, 0) is 6.54 Å². The lowest BCUT2D eigenvalue weighted by Gasteiger charge is -2.22. The summed E-state index contributed by atoms with van der Waals surface area (Å²) in [6, 6.07) is 4.79. The zero-order valence-corrected chi connectivity index (χ0v) is 10.1. The van der Waals surface area contributed by atoms with Crippen LogP contribution in [0.15, 0.2) is 24.5 Å². The van der Waals surface area contributed by atoms with E-state index in [2.05, 4.69) is 39.5 Å². The van der Waals surface area contributed by atoms with Crippen molar-refractivity contribution in [3.8, 4) is 0 Å². The average molecular weight is 230 g/mol. The maximum atomic E-state index is 4.32. The monoisotopic (exact) mass is 230 g/mol. The Morgan fingerprint density at radius 2 is 2.47 bits per heavy atom. The smallest absolute Gasteiger partial charge is 0.137 e. The van der Waals surface area contributed by atoms with Crippen molar-refractivity contribution in [1.82, 2.24) is 20.2 Å². The first-order valence-electron chi connectivity index (χ1n) is 6.16. The van der Waals surface area contributed by atoms with E-state index in [4.69, 9.17) is 0 Å². The van der Waals surface area contributed by atoms with Gasteiger partial charge in [0.15, 0.2) is 0 Å². The van der Waals surface area contributed by atoms with Gasteiger partial charge in [-0.15, -0.1) is 0 Å². The molecule has 2 aromatic heterocycles. The second-order valence-electron chi connectivity index (χ2n) is 4.78. The van der Waals surface area contributed by atoms with Gasteiger partial charge in [-0.3, -0.25) is 4.90 Å². The van der Waals surface area contributed by atoms with Gasteiger partial charge in [0, 0.05) is 36.9 Å². The van der Waals surface area contributed by atoms with Crippen LogP contribution in [0.5, 0.6) is 0 Å². The minimum absolute atomic E-state index is 0.664. The summed E-state index contributed by atoms with van der Waals surface area (Å²) in [4.78, 5) is 9.98. The molecule has 0 saturated carbocycles. The van der Waals surface area contributed by atoms with Crippen LogP contribution in [0.1, 0.15) is 12.0 Å². The lowest BCUT2D eigenvalue weighted by molar-refractivity contribution is 0.250. The number of pyridine rings is 1. The number of aromatic amines is 1. The van der Waals surface area contributed by atoms with Crippen molar-refractivity contribution in [2.24, 2.45) is 0 Å². The van der Waals surface area contributed by atoms with Crippen molar-refractivity contribution in [2.75, 3.05) is 20.1 Å². The molecule has 3 heterocycles. The summed E-state index contributed by atoms with van der Waals surface area (Å²) < 4.78 is 0. The molecule has 1 atom stereocenters. The van der Waals surface area contributed by atoms with Crippen molar-refractivity contribution in [1.29, 1.82) is 0 Å². The van der Waals surface area contributed by atoms with Crippen LogP contribution in [0.25, 0.3) is 11.0 Å². The van der Waals surface area contributed by atoms with Crippen LogP contribution in [-0.4, -0.2) is 41.0 Å².